The minimum absolute atomic E-state index is 0.0160. The number of hydrogen-bond acceptors (Lipinski definition) is 3. The van der Waals surface area contributed by atoms with Crippen molar-refractivity contribution in [3.63, 3.8) is 0 Å². The second kappa shape index (κ2) is 7.20. The Bertz CT molecular complexity index is 292. The smallest absolute Gasteiger partial charge is 0.326 e. The molecule has 0 bridgehead atoms. The zero-order valence-electron chi connectivity index (χ0n) is 10.7. The van der Waals surface area contributed by atoms with Gasteiger partial charge in [0, 0.05) is 19.1 Å². The summed E-state index contributed by atoms with van der Waals surface area (Å²) in [6, 6.07) is -1.40. The van der Waals surface area contributed by atoms with Crippen molar-refractivity contribution in [3.8, 4) is 0 Å². The number of nitrogens with one attached hydrogen (secondary N) is 2. The molecule has 2 unspecified atom stereocenters. The van der Waals surface area contributed by atoms with Crippen LogP contribution in [0.2, 0.25) is 0 Å². The Balaban J connectivity index is 2.34. The summed E-state index contributed by atoms with van der Waals surface area (Å²) in [5.74, 6) is -0.419. The summed E-state index contributed by atoms with van der Waals surface area (Å²) >= 11 is 0. The fourth-order valence-electron chi connectivity index (χ4n) is 1.86. The summed E-state index contributed by atoms with van der Waals surface area (Å²) in [5.41, 5.74) is 0. The SMILES string of the molecule is CCC(CC1CC1)NC(=O)NC(CCO)C(=O)O. The average Bonchev–Trinajstić information content (AvgIpc) is 3.11. The minimum Gasteiger partial charge on any atom is -0.480 e. The Morgan fingerprint density at radius 2 is 2.00 bits per heavy atom. The molecule has 104 valence electrons. The van der Waals surface area contributed by atoms with Crippen LogP contribution in [0.4, 0.5) is 4.79 Å². The number of hydrogen-bond donors (Lipinski definition) is 4. The third kappa shape index (κ3) is 5.35. The number of carboxylic acids is 1. The molecule has 18 heavy (non-hydrogen) atoms. The highest BCUT2D eigenvalue weighted by Crippen LogP contribution is 2.33. The molecule has 0 heterocycles. The Morgan fingerprint density at radius 1 is 1.33 bits per heavy atom. The fourth-order valence-corrected chi connectivity index (χ4v) is 1.86. The lowest BCUT2D eigenvalue weighted by Crippen LogP contribution is -2.49. The summed E-state index contributed by atoms with van der Waals surface area (Å²) in [4.78, 5) is 22.5. The molecule has 0 saturated heterocycles. The number of aliphatic hydroxyl groups is 1. The zero-order chi connectivity index (χ0) is 13.5. The molecule has 1 fully saturated rings. The van der Waals surface area contributed by atoms with Crippen molar-refractivity contribution < 1.29 is 19.8 Å². The predicted octanol–water partition coefficient (Wildman–Crippen LogP) is 0.700. The molecule has 0 aromatic heterocycles. The van der Waals surface area contributed by atoms with E-state index in [1.54, 1.807) is 0 Å². The topological polar surface area (TPSA) is 98.7 Å². The minimum atomic E-state index is -1.13. The molecule has 0 spiro atoms. The maximum Gasteiger partial charge on any atom is 0.326 e. The van der Waals surface area contributed by atoms with E-state index in [4.69, 9.17) is 10.2 Å². The van der Waals surface area contributed by atoms with E-state index in [1.165, 1.54) is 12.8 Å². The van der Waals surface area contributed by atoms with Crippen LogP contribution in [-0.2, 0) is 4.79 Å². The average molecular weight is 258 g/mol. The molecule has 1 aliphatic rings. The number of aliphatic carboxylic acids is 1. The second-order valence-electron chi connectivity index (χ2n) is 4.81. The predicted molar refractivity (Wildman–Crippen MR) is 66.2 cm³/mol. The summed E-state index contributed by atoms with van der Waals surface area (Å²) in [6.45, 7) is 1.73. The van der Waals surface area contributed by atoms with Crippen molar-refractivity contribution in [1.82, 2.24) is 10.6 Å². The van der Waals surface area contributed by atoms with Crippen molar-refractivity contribution in [2.24, 2.45) is 5.92 Å². The molecule has 1 saturated carbocycles. The van der Waals surface area contributed by atoms with E-state index < -0.39 is 18.0 Å². The molecule has 4 N–H and O–H groups in total. The Labute approximate surface area is 107 Å². The van der Waals surface area contributed by atoms with Gasteiger partial charge in [0.2, 0.25) is 0 Å². The first-order valence-corrected chi connectivity index (χ1v) is 6.47. The Kier molecular flexibility index (Phi) is 5.91. The molecule has 1 aliphatic carbocycles. The molecule has 0 aromatic rings. The maximum absolute atomic E-state index is 11.6. The fraction of sp³-hybridized carbons (Fsp3) is 0.833. The van der Waals surface area contributed by atoms with Crippen LogP contribution in [0.1, 0.15) is 39.0 Å². The van der Waals surface area contributed by atoms with Gasteiger partial charge in [-0.05, 0) is 18.8 Å². The van der Waals surface area contributed by atoms with Crippen molar-refractivity contribution in [2.75, 3.05) is 6.61 Å². The highest BCUT2D eigenvalue weighted by atomic mass is 16.4. The first-order chi connectivity index (χ1) is 8.56. The molecule has 0 aliphatic heterocycles. The van der Waals surface area contributed by atoms with E-state index in [1.807, 2.05) is 6.92 Å². The van der Waals surface area contributed by atoms with Crippen molar-refractivity contribution in [2.45, 2.75) is 51.1 Å². The standard InChI is InChI=1S/C12H22N2O4/c1-2-9(7-8-3-4-8)13-12(18)14-10(5-6-15)11(16)17/h8-10,15H,2-7H2,1H3,(H,16,17)(H2,13,14,18). The third-order valence-corrected chi connectivity index (χ3v) is 3.16. The van der Waals surface area contributed by atoms with E-state index in [-0.39, 0.29) is 19.1 Å². The number of carboxylic acid groups (broad SMARTS) is 1. The van der Waals surface area contributed by atoms with Crippen LogP contribution in [0.5, 0.6) is 0 Å². The number of rotatable bonds is 8. The molecule has 1 rings (SSSR count). The van der Waals surface area contributed by atoms with Gasteiger partial charge in [-0.25, -0.2) is 9.59 Å². The molecule has 0 aromatic carbocycles. The quantitative estimate of drug-likeness (QED) is 0.515. The largest absolute Gasteiger partial charge is 0.480 e. The number of aliphatic hydroxyl groups excluding tert-OH is 1. The molecular weight excluding hydrogens is 236 g/mol. The monoisotopic (exact) mass is 258 g/mol. The van der Waals surface area contributed by atoms with Gasteiger partial charge in [0.1, 0.15) is 6.04 Å². The lowest BCUT2D eigenvalue weighted by atomic mass is 10.1. The van der Waals surface area contributed by atoms with E-state index in [2.05, 4.69) is 10.6 Å². The van der Waals surface area contributed by atoms with Gasteiger partial charge in [0.25, 0.3) is 0 Å². The molecule has 6 nitrogen and oxygen atoms in total. The van der Waals surface area contributed by atoms with E-state index in [0.29, 0.717) is 5.92 Å². The normalized spacial score (nSPS) is 17.9. The van der Waals surface area contributed by atoms with Gasteiger partial charge in [-0.3, -0.25) is 0 Å². The van der Waals surface area contributed by atoms with Gasteiger partial charge < -0.3 is 20.8 Å². The van der Waals surface area contributed by atoms with Gasteiger partial charge in [-0.2, -0.15) is 0 Å². The number of amides is 2. The van der Waals surface area contributed by atoms with E-state index >= 15 is 0 Å². The first kappa shape index (κ1) is 14.8. The highest BCUT2D eigenvalue weighted by molar-refractivity contribution is 5.82. The summed E-state index contributed by atoms with van der Waals surface area (Å²) in [5, 5.41) is 22.7. The summed E-state index contributed by atoms with van der Waals surface area (Å²) in [7, 11) is 0. The molecular formula is C12H22N2O4. The summed E-state index contributed by atoms with van der Waals surface area (Å²) in [6.07, 6.45) is 4.26. The van der Waals surface area contributed by atoms with Crippen molar-refractivity contribution in [1.29, 1.82) is 0 Å². The summed E-state index contributed by atoms with van der Waals surface area (Å²) < 4.78 is 0. The zero-order valence-corrected chi connectivity index (χ0v) is 10.7. The van der Waals surface area contributed by atoms with Gasteiger partial charge >= 0.3 is 12.0 Å². The lowest BCUT2D eigenvalue weighted by Gasteiger charge is -2.19. The highest BCUT2D eigenvalue weighted by Gasteiger charge is 2.26. The number of carbonyl (C=O) groups is 2. The number of urea groups is 1. The maximum atomic E-state index is 11.6. The molecule has 6 heteroatoms. The van der Waals surface area contributed by atoms with Crippen molar-refractivity contribution in [3.05, 3.63) is 0 Å². The Hall–Kier alpha value is -1.30. The molecule has 0 radical (unpaired) electrons. The van der Waals surface area contributed by atoms with Crippen molar-refractivity contribution >= 4 is 12.0 Å². The van der Waals surface area contributed by atoms with E-state index in [0.717, 1.165) is 12.8 Å². The third-order valence-electron chi connectivity index (χ3n) is 3.16. The lowest BCUT2D eigenvalue weighted by molar-refractivity contribution is -0.139. The van der Waals surface area contributed by atoms with Gasteiger partial charge in [-0.15, -0.1) is 0 Å². The van der Waals surface area contributed by atoms with Gasteiger partial charge in [0.15, 0.2) is 0 Å². The van der Waals surface area contributed by atoms with Crippen LogP contribution in [0.3, 0.4) is 0 Å². The molecule has 2 amide bonds. The van der Waals surface area contributed by atoms with Crippen LogP contribution < -0.4 is 10.6 Å². The van der Waals surface area contributed by atoms with Crippen LogP contribution in [0.15, 0.2) is 0 Å². The van der Waals surface area contributed by atoms with Gasteiger partial charge in [-0.1, -0.05) is 19.8 Å². The second-order valence-corrected chi connectivity index (χ2v) is 4.81. The molecule has 2 atom stereocenters. The van der Waals surface area contributed by atoms with Crippen LogP contribution in [0, 0.1) is 5.92 Å². The van der Waals surface area contributed by atoms with Gasteiger partial charge in [0.05, 0.1) is 0 Å². The van der Waals surface area contributed by atoms with Crippen LogP contribution in [-0.4, -0.2) is 40.9 Å². The van der Waals surface area contributed by atoms with Crippen LogP contribution >= 0.6 is 0 Å². The Morgan fingerprint density at radius 3 is 2.44 bits per heavy atom. The number of carbonyl (C=O) groups excluding carboxylic acids is 1. The van der Waals surface area contributed by atoms with E-state index in [9.17, 15) is 9.59 Å². The van der Waals surface area contributed by atoms with Crippen LogP contribution in [0.25, 0.3) is 0 Å². The first-order valence-electron chi connectivity index (χ1n) is 6.47.